The Morgan fingerprint density at radius 2 is 2.00 bits per heavy atom. The minimum atomic E-state index is 0.234. The fraction of sp³-hybridized carbons (Fsp3) is 0.643. The second-order valence-corrected chi connectivity index (χ2v) is 5.94. The molecular formula is C14H21N3. The summed E-state index contributed by atoms with van der Waals surface area (Å²) in [6.07, 6.45) is 4.48. The summed E-state index contributed by atoms with van der Waals surface area (Å²) in [5, 5.41) is 0. The van der Waals surface area contributed by atoms with E-state index in [1.165, 1.54) is 24.2 Å². The molecule has 2 fully saturated rings. The first kappa shape index (κ1) is 11.0. The topological polar surface area (TPSA) is 42.1 Å². The molecule has 92 valence electrons. The highest BCUT2D eigenvalue weighted by molar-refractivity contribution is 5.53. The van der Waals surface area contributed by atoms with Gasteiger partial charge < -0.3 is 10.6 Å². The van der Waals surface area contributed by atoms with Crippen molar-refractivity contribution in [1.82, 2.24) is 4.98 Å². The van der Waals surface area contributed by atoms with Crippen molar-refractivity contribution in [2.45, 2.75) is 38.6 Å². The molecule has 0 amide bonds. The van der Waals surface area contributed by atoms with E-state index in [1.807, 2.05) is 12.3 Å². The number of hydrogen-bond donors (Lipinski definition) is 1. The van der Waals surface area contributed by atoms with E-state index in [-0.39, 0.29) is 11.5 Å². The van der Waals surface area contributed by atoms with Gasteiger partial charge in [-0.3, -0.25) is 0 Å². The maximum Gasteiger partial charge on any atom is 0.132 e. The summed E-state index contributed by atoms with van der Waals surface area (Å²) in [6, 6.07) is 4.53. The summed E-state index contributed by atoms with van der Waals surface area (Å²) in [7, 11) is 0. The number of pyridine rings is 1. The lowest BCUT2D eigenvalue weighted by atomic mass is 10.0. The van der Waals surface area contributed by atoms with Crippen LogP contribution in [0.4, 0.5) is 5.82 Å². The van der Waals surface area contributed by atoms with Crippen LogP contribution in [0.25, 0.3) is 0 Å². The number of aromatic nitrogens is 1. The van der Waals surface area contributed by atoms with Gasteiger partial charge in [-0.15, -0.1) is 0 Å². The number of nitrogens with zero attached hydrogens (tertiary/aromatic N) is 2. The highest BCUT2D eigenvalue weighted by Crippen LogP contribution is 2.58. The molecule has 3 heteroatoms. The van der Waals surface area contributed by atoms with Gasteiger partial charge in [0, 0.05) is 31.2 Å². The highest BCUT2D eigenvalue weighted by Gasteiger charge is 2.57. The van der Waals surface area contributed by atoms with Gasteiger partial charge in [0.2, 0.25) is 0 Å². The van der Waals surface area contributed by atoms with Crippen molar-refractivity contribution in [1.29, 1.82) is 0 Å². The van der Waals surface area contributed by atoms with Gasteiger partial charge in [0.15, 0.2) is 0 Å². The van der Waals surface area contributed by atoms with Crippen LogP contribution in [0.5, 0.6) is 0 Å². The molecule has 3 rings (SSSR count). The lowest BCUT2D eigenvalue weighted by Crippen LogP contribution is -2.21. The summed E-state index contributed by atoms with van der Waals surface area (Å²) in [6.45, 7) is 6.80. The first-order valence-corrected chi connectivity index (χ1v) is 6.58. The van der Waals surface area contributed by atoms with Crippen molar-refractivity contribution in [3.63, 3.8) is 0 Å². The molecule has 1 saturated carbocycles. The molecule has 1 aliphatic carbocycles. The molecule has 1 aromatic rings. The summed E-state index contributed by atoms with van der Waals surface area (Å²) >= 11 is 0. The number of hydrogen-bond acceptors (Lipinski definition) is 3. The monoisotopic (exact) mass is 231 g/mol. The third-order valence-corrected chi connectivity index (χ3v) is 4.47. The molecule has 0 spiro atoms. The Kier molecular flexibility index (Phi) is 2.40. The van der Waals surface area contributed by atoms with Crippen LogP contribution in [0.3, 0.4) is 0 Å². The zero-order valence-electron chi connectivity index (χ0n) is 10.7. The van der Waals surface area contributed by atoms with E-state index < -0.39 is 0 Å². The van der Waals surface area contributed by atoms with E-state index in [0.29, 0.717) is 5.92 Å². The molecule has 0 aromatic carbocycles. The van der Waals surface area contributed by atoms with E-state index in [4.69, 9.17) is 5.73 Å². The molecular weight excluding hydrogens is 210 g/mol. The molecule has 0 unspecified atom stereocenters. The molecule has 2 N–H and O–H groups in total. The van der Waals surface area contributed by atoms with Crippen LogP contribution in [-0.4, -0.2) is 24.1 Å². The molecule has 1 saturated heterocycles. The van der Waals surface area contributed by atoms with Crippen molar-refractivity contribution in [3.05, 3.63) is 23.9 Å². The maximum absolute atomic E-state index is 6.20. The Hall–Kier alpha value is -1.09. The third-order valence-electron chi connectivity index (χ3n) is 4.47. The Bertz CT molecular complexity index is 421. The number of nitrogens with two attached hydrogens (primary N) is 1. The molecule has 3 nitrogen and oxygen atoms in total. The number of anilines is 1. The van der Waals surface area contributed by atoms with Gasteiger partial charge >= 0.3 is 0 Å². The van der Waals surface area contributed by atoms with E-state index in [2.05, 4.69) is 29.8 Å². The van der Waals surface area contributed by atoms with Crippen LogP contribution in [0.1, 0.15) is 38.2 Å². The van der Waals surface area contributed by atoms with E-state index in [9.17, 15) is 0 Å². The summed E-state index contributed by atoms with van der Waals surface area (Å²) in [4.78, 5) is 7.01. The van der Waals surface area contributed by atoms with Gasteiger partial charge in [0.25, 0.3) is 0 Å². The molecule has 0 bridgehead atoms. The van der Waals surface area contributed by atoms with Crippen molar-refractivity contribution in [2.24, 2.45) is 11.1 Å². The van der Waals surface area contributed by atoms with Crippen LogP contribution in [0, 0.1) is 5.41 Å². The lowest BCUT2D eigenvalue weighted by Gasteiger charge is -2.20. The normalized spacial score (nSPS) is 30.6. The quantitative estimate of drug-likeness (QED) is 0.848. The predicted octanol–water partition coefficient (Wildman–Crippen LogP) is 2.13. The average molecular weight is 231 g/mol. The SMILES string of the molecule is CC1(C)[C@@H](N)[C@@H]1c1cccnc1N1CCCC1. The first-order valence-electron chi connectivity index (χ1n) is 6.58. The minimum Gasteiger partial charge on any atom is -0.356 e. The Balaban J connectivity index is 1.94. The molecule has 17 heavy (non-hydrogen) atoms. The Morgan fingerprint density at radius 3 is 2.59 bits per heavy atom. The molecule has 2 aliphatic rings. The van der Waals surface area contributed by atoms with Gasteiger partial charge in [0.1, 0.15) is 5.82 Å². The first-order chi connectivity index (χ1) is 8.12. The smallest absolute Gasteiger partial charge is 0.132 e. The van der Waals surface area contributed by atoms with Crippen molar-refractivity contribution >= 4 is 5.82 Å². The summed E-state index contributed by atoms with van der Waals surface area (Å²) in [5.41, 5.74) is 7.78. The second-order valence-electron chi connectivity index (χ2n) is 5.94. The van der Waals surface area contributed by atoms with Crippen molar-refractivity contribution in [2.75, 3.05) is 18.0 Å². The lowest BCUT2D eigenvalue weighted by molar-refractivity contribution is 0.598. The fourth-order valence-electron chi connectivity index (χ4n) is 3.12. The zero-order valence-corrected chi connectivity index (χ0v) is 10.7. The van der Waals surface area contributed by atoms with Crippen LogP contribution in [0.15, 0.2) is 18.3 Å². The summed E-state index contributed by atoms with van der Waals surface area (Å²) < 4.78 is 0. The van der Waals surface area contributed by atoms with Crippen molar-refractivity contribution in [3.8, 4) is 0 Å². The molecule has 1 aromatic heterocycles. The van der Waals surface area contributed by atoms with Crippen LogP contribution in [-0.2, 0) is 0 Å². The van der Waals surface area contributed by atoms with Gasteiger partial charge in [0.05, 0.1) is 0 Å². The average Bonchev–Trinajstić information content (AvgIpc) is 2.76. The zero-order chi connectivity index (χ0) is 12.0. The second kappa shape index (κ2) is 3.70. The highest BCUT2D eigenvalue weighted by atomic mass is 15.2. The summed E-state index contributed by atoms with van der Waals surface area (Å²) in [5.74, 6) is 1.66. The van der Waals surface area contributed by atoms with Crippen LogP contribution < -0.4 is 10.6 Å². The largest absolute Gasteiger partial charge is 0.356 e. The molecule has 2 heterocycles. The molecule has 0 radical (unpaired) electrons. The van der Waals surface area contributed by atoms with E-state index >= 15 is 0 Å². The minimum absolute atomic E-state index is 0.234. The molecule has 2 atom stereocenters. The van der Waals surface area contributed by atoms with Crippen LogP contribution >= 0.6 is 0 Å². The predicted molar refractivity (Wildman–Crippen MR) is 70.2 cm³/mol. The Morgan fingerprint density at radius 1 is 1.35 bits per heavy atom. The molecule has 1 aliphatic heterocycles. The Labute approximate surface area is 103 Å². The van der Waals surface area contributed by atoms with Crippen molar-refractivity contribution < 1.29 is 0 Å². The number of rotatable bonds is 2. The van der Waals surface area contributed by atoms with E-state index in [1.54, 1.807) is 0 Å². The van der Waals surface area contributed by atoms with E-state index in [0.717, 1.165) is 13.1 Å². The fourth-order valence-corrected chi connectivity index (χ4v) is 3.12. The standard InChI is InChI=1S/C14H21N3/c1-14(2)11(12(14)15)10-6-5-7-16-13(10)17-8-3-4-9-17/h5-7,11-12H,3-4,8-9,15H2,1-2H3/t11-,12-/m0/s1. The third kappa shape index (κ3) is 1.64. The van der Waals surface area contributed by atoms with Gasteiger partial charge in [-0.05, 0) is 29.9 Å². The van der Waals surface area contributed by atoms with Gasteiger partial charge in [-0.25, -0.2) is 4.98 Å². The van der Waals surface area contributed by atoms with Crippen LogP contribution in [0.2, 0.25) is 0 Å². The van der Waals surface area contributed by atoms with Gasteiger partial charge in [-0.1, -0.05) is 19.9 Å². The maximum atomic E-state index is 6.20. The van der Waals surface area contributed by atoms with Gasteiger partial charge in [-0.2, -0.15) is 0 Å².